The summed E-state index contributed by atoms with van der Waals surface area (Å²) in [4.78, 5) is 38.6. The van der Waals surface area contributed by atoms with E-state index in [1.54, 1.807) is 6.92 Å². The fourth-order valence-corrected chi connectivity index (χ4v) is 2.95. The molecule has 1 aromatic carbocycles. The molecule has 2 rings (SSSR count). The van der Waals surface area contributed by atoms with Gasteiger partial charge in [-0.25, -0.2) is 4.79 Å². The summed E-state index contributed by atoms with van der Waals surface area (Å²) in [5, 5.41) is 9.97. The molecule has 0 saturated carbocycles. The number of rotatable bonds is 9. The van der Waals surface area contributed by atoms with Crippen LogP contribution in [-0.2, 0) is 37.7 Å². The van der Waals surface area contributed by atoms with E-state index in [9.17, 15) is 19.5 Å². The van der Waals surface area contributed by atoms with Crippen LogP contribution in [0.15, 0.2) is 47.4 Å². The molecule has 0 aliphatic heterocycles. The van der Waals surface area contributed by atoms with Gasteiger partial charge in [-0.3, -0.25) is 9.59 Å². The van der Waals surface area contributed by atoms with Gasteiger partial charge in [-0.1, -0.05) is 37.3 Å². The SMILES string of the molecule is CCC(OCc1ccccc1)(C(=O)O)c1cc[nH]c(=O)c1CCC(=O)OC. The lowest BCUT2D eigenvalue weighted by Gasteiger charge is -2.30. The van der Waals surface area contributed by atoms with Crippen molar-refractivity contribution in [3.63, 3.8) is 0 Å². The molecule has 1 atom stereocenters. The van der Waals surface area contributed by atoms with Crippen molar-refractivity contribution < 1.29 is 24.2 Å². The third-order valence-electron chi connectivity index (χ3n) is 4.48. The molecule has 0 bridgehead atoms. The second-order valence-corrected chi connectivity index (χ2v) is 6.04. The molecule has 2 N–H and O–H groups in total. The number of aliphatic carboxylic acids is 1. The standard InChI is InChI=1S/C20H23NO6/c1-3-20(19(24)25,27-13-14-7-5-4-6-8-14)16-11-12-21-18(23)15(16)9-10-17(22)26-2/h4-8,11-12H,3,9-10,13H2,1-2H3,(H,21,23)(H,24,25). The maximum Gasteiger partial charge on any atom is 0.340 e. The molecule has 0 fully saturated rings. The minimum absolute atomic E-state index is 0.0330. The van der Waals surface area contributed by atoms with Gasteiger partial charge in [-0.05, 0) is 24.5 Å². The first kappa shape index (κ1) is 20.4. The quantitative estimate of drug-likeness (QED) is 0.654. The predicted octanol–water partition coefficient (Wildman–Crippen LogP) is 2.39. The smallest absolute Gasteiger partial charge is 0.340 e. The number of pyridine rings is 1. The second kappa shape index (κ2) is 9.14. The number of carboxylic acid groups (broad SMARTS) is 1. The van der Waals surface area contributed by atoms with E-state index in [-0.39, 0.29) is 37.0 Å². The predicted molar refractivity (Wildman–Crippen MR) is 98.2 cm³/mol. The third kappa shape index (κ3) is 4.62. The van der Waals surface area contributed by atoms with Crippen molar-refractivity contribution in [1.82, 2.24) is 4.98 Å². The van der Waals surface area contributed by atoms with Gasteiger partial charge in [-0.2, -0.15) is 0 Å². The van der Waals surface area contributed by atoms with Crippen LogP contribution in [0.5, 0.6) is 0 Å². The van der Waals surface area contributed by atoms with Gasteiger partial charge in [0, 0.05) is 23.7 Å². The fourth-order valence-electron chi connectivity index (χ4n) is 2.95. The minimum atomic E-state index is -1.70. The van der Waals surface area contributed by atoms with Gasteiger partial charge < -0.3 is 19.6 Å². The first-order chi connectivity index (χ1) is 12.9. The Morgan fingerprint density at radius 3 is 2.48 bits per heavy atom. The number of ether oxygens (including phenoxy) is 2. The number of H-pyrrole nitrogens is 1. The Balaban J connectivity index is 2.43. The van der Waals surface area contributed by atoms with E-state index < -0.39 is 23.1 Å². The number of aromatic nitrogens is 1. The normalized spacial score (nSPS) is 13.0. The molecule has 1 heterocycles. The van der Waals surface area contributed by atoms with Gasteiger partial charge in [0.2, 0.25) is 0 Å². The molecule has 0 spiro atoms. The molecular weight excluding hydrogens is 350 g/mol. The average Bonchev–Trinajstić information content (AvgIpc) is 2.68. The van der Waals surface area contributed by atoms with Crippen LogP contribution in [0.25, 0.3) is 0 Å². The number of methoxy groups -OCH3 is 1. The molecule has 7 heteroatoms. The highest BCUT2D eigenvalue weighted by atomic mass is 16.5. The molecule has 27 heavy (non-hydrogen) atoms. The first-order valence-corrected chi connectivity index (χ1v) is 8.63. The Morgan fingerprint density at radius 1 is 1.19 bits per heavy atom. The lowest BCUT2D eigenvalue weighted by atomic mass is 9.86. The zero-order valence-electron chi connectivity index (χ0n) is 15.4. The van der Waals surface area contributed by atoms with E-state index in [0.717, 1.165) is 5.56 Å². The van der Waals surface area contributed by atoms with Crippen molar-refractivity contribution in [1.29, 1.82) is 0 Å². The molecule has 0 saturated heterocycles. The van der Waals surface area contributed by atoms with Crippen LogP contribution in [0.3, 0.4) is 0 Å². The van der Waals surface area contributed by atoms with E-state index in [1.165, 1.54) is 19.4 Å². The molecular formula is C20H23NO6. The molecule has 1 aromatic heterocycles. The fraction of sp³-hybridized carbons (Fsp3) is 0.350. The summed E-state index contributed by atoms with van der Waals surface area (Å²) in [6.07, 6.45) is 1.53. The monoisotopic (exact) mass is 373 g/mol. The summed E-state index contributed by atoms with van der Waals surface area (Å²) in [6, 6.07) is 10.7. The third-order valence-corrected chi connectivity index (χ3v) is 4.48. The Morgan fingerprint density at radius 2 is 1.89 bits per heavy atom. The van der Waals surface area contributed by atoms with Crippen LogP contribution in [0.4, 0.5) is 0 Å². The number of carboxylic acids is 1. The largest absolute Gasteiger partial charge is 0.479 e. The zero-order valence-corrected chi connectivity index (χ0v) is 15.4. The number of esters is 1. The summed E-state index contributed by atoms with van der Waals surface area (Å²) in [7, 11) is 1.26. The minimum Gasteiger partial charge on any atom is -0.479 e. The van der Waals surface area contributed by atoms with Crippen molar-refractivity contribution in [3.05, 3.63) is 69.6 Å². The Hall–Kier alpha value is -2.93. The van der Waals surface area contributed by atoms with Gasteiger partial charge in [0.15, 0.2) is 5.60 Å². The van der Waals surface area contributed by atoms with Crippen molar-refractivity contribution in [2.24, 2.45) is 0 Å². The zero-order chi connectivity index (χ0) is 19.9. The van der Waals surface area contributed by atoms with Gasteiger partial charge in [0.1, 0.15) is 0 Å². The summed E-state index contributed by atoms with van der Waals surface area (Å²) in [5.41, 5.74) is -0.868. The highest BCUT2D eigenvalue weighted by Crippen LogP contribution is 2.33. The molecule has 0 radical (unpaired) electrons. The summed E-state index contributed by atoms with van der Waals surface area (Å²) in [5.74, 6) is -1.67. The lowest BCUT2D eigenvalue weighted by molar-refractivity contribution is -0.170. The summed E-state index contributed by atoms with van der Waals surface area (Å²) in [6.45, 7) is 1.76. The van der Waals surface area contributed by atoms with Crippen LogP contribution < -0.4 is 5.56 Å². The van der Waals surface area contributed by atoms with E-state index >= 15 is 0 Å². The second-order valence-electron chi connectivity index (χ2n) is 6.04. The molecule has 0 aliphatic rings. The van der Waals surface area contributed by atoms with Crippen molar-refractivity contribution in [2.75, 3.05) is 7.11 Å². The van der Waals surface area contributed by atoms with Crippen LogP contribution in [0, 0.1) is 0 Å². The lowest BCUT2D eigenvalue weighted by Crippen LogP contribution is -2.40. The van der Waals surface area contributed by atoms with Gasteiger partial charge in [0.25, 0.3) is 5.56 Å². The molecule has 0 amide bonds. The number of benzene rings is 1. The number of hydrogen-bond donors (Lipinski definition) is 2. The molecule has 2 aromatic rings. The molecule has 7 nitrogen and oxygen atoms in total. The highest BCUT2D eigenvalue weighted by Gasteiger charge is 2.42. The topological polar surface area (TPSA) is 106 Å². The van der Waals surface area contributed by atoms with E-state index in [0.29, 0.717) is 0 Å². The van der Waals surface area contributed by atoms with Crippen LogP contribution >= 0.6 is 0 Å². The number of hydrogen-bond acceptors (Lipinski definition) is 5. The van der Waals surface area contributed by atoms with Crippen LogP contribution in [0.2, 0.25) is 0 Å². The summed E-state index contributed by atoms with van der Waals surface area (Å²) < 4.78 is 10.5. The van der Waals surface area contributed by atoms with Gasteiger partial charge in [0.05, 0.1) is 13.7 Å². The van der Waals surface area contributed by atoms with Gasteiger partial charge >= 0.3 is 11.9 Å². The first-order valence-electron chi connectivity index (χ1n) is 8.63. The maximum absolute atomic E-state index is 12.3. The van der Waals surface area contributed by atoms with E-state index in [4.69, 9.17) is 4.74 Å². The molecule has 0 aliphatic carbocycles. The van der Waals surface area contributed by atoms with Crippen LogP contribution in [0.1, 0.15) is 36.5 Å². The highest BCUT2D eigenvalue weighted by molar-refractivity contribution is 5.80. The van der Waals surface area contributed by atoms with Crippen molar-refractivity contribution in [3.8, 4) is 0 Å². The average molecular weight is 373 g/mol. The van der Waals surface area contributed by atoms with E-state index in [2.05, 4.69) is 9.72 Å². The molecule has 144 valence electrons. The Bertz CT molecular complexity index is 845. The maximum atomic E-state index is 12.3. The Kier molecular flexibility index (Phi) is 6.90. The van der Waals surface area contributed by atoms with Crippen molar-refractivity contribution in [2.45, 2.75) is 38.4 Å². The number of nitrogens with one attached hydrogen (secondary N) is 1. The number of aromatic amines is 1. The van der Waals surface area contributed by atoms with Gasteiger partial charge in [-0.15, -0.1) is 0 Å². The number of carbonyl (C=O) groups excluding carboxylic acids is 1. The van der Waals surface area contributed by atoms with Crippen molar-refractivity contribution >= 4 is 11.9 Å². The van der Waals surface area contributed by atoms with E-state index in [1.807, 2.05) is 30.3 Å². The Labute approximate surface area is 156 Å². The van der Waals surface area contributed by atoms with Crippen LogP contribution in [-0.4, -0.2) is 29.1 Å². The molecule has 1 unspecified atom stereocenters. The number of carbonyl (C=O) groups is 2. The summed E-state index contributed by atoms with van der Waals surface area (Å²) >= 11 is 0.